The fourth-order valence-corrected chi connectivity index (χ4v) is 3.42. The van der Waals surface area contributed by atoms with E-state index in [-0.39, 0.29) is 11.6 Å². The Morgan fingerprint density at radius 1 is 1.48 bits per heavy atom. The molecule has 1 aromatic carbocycles. The fourth-order valence-electron chi connectivity index (χ4n) is 2.16. The number of primary sulfonamides is 1. The van der Waals surface area contributed by atoms with E-state index in [1.807, 2.05) is 6.92 Å². The van der Waals surface area contributed by atoms with Gasteiger partial charge in [0.05, 0.1) is 5.56 Å². The highest BCUT2D eigenvalue weighted by Gasteiger charge is 2.34. The maximum Gasteiger partial charge on any atom is 0.257 e. The number of hydrogen-bond acceptors (Lipinski definition) is 3. The first-order valence-corrected chi connectivity index (χ1v) is 8.92. The Bertz CT molecular complexity index is 674. The molecule has 116 valence electrons. The van der Waals surface area contributed by atoms with Gasteiger partial charge in [0.25, 0.3) is 5.91 Å². The number of rotatable bonds is 5. The first-order valence-electron chi connectivity index (χ1n) is 6.58. The van der Waals surface area contributed by atoms with Crippen LogP contribution in [0.25, 0.3) is 0 Å². The second kappa shape index (κ2) is 6.02. The van der Waals surface area contributed by atoms with Crippen molar-refractivity contribution in [1.29, 1.82) is 0 Å². The largest absolute Gasteiger partial charge is 0.336 e. The number of nitrogens with two attached hydrogens (primary N) is 1. The number of sulfonamides is 1. The Kier molecular flexibility index (Phi) is 4.69. The molecule has 0 aromatic heterocycles. The zero-order valence-corrected chi connectivity index (χ0v) is 13.9. The molecule has 1 aliphatic carbocycles. The molecule has 2 rings (SSSR count). The van der Waals surface area contributed by atoms with E-state index in [1.165, 1.54) is 6.07 Å². The second-order valence-electron chi connectivity index (χ2n) is 5.04. The third-order valence-electron chi connectivity index (χ3n) is 3.25. The van der Waals surface area contributed by atoms with Gasteiger partial charge in [-0.3, -0.25) is 4.79 Å². The van der Waals surface area contributed by atoms with Crippen molar-refractivity contribution in [3.05, 3.63) is 28.0 Å². The molecule has 0 saturated heterocycles. The molecule has 0 bridgehead atoms. The summed E-state index contributed by atoms with van der Waals surface area (Å²) in [7, 11) is -4.23. The van der Waals surface area contributed by atoms with Crippen LogP contribution in [0.1, 0.15) is 36.5 Å². The molecule has 1 amide bonds. The number of hydrogen-bond donors (Lipinski definition) is 1. The minimum atomic E-state index is -4.23. The van der Waals surface area contributed by atoms with Crippen LogP contribution in [0.2, 0.25) is 0 Å². The van der Waals surface area contributed by atoms with E-state index in [2.05, 4.69) is 15.9 Å². The van der Waals surface area contributed by atoms with Crippen LogP contribution in [-0.2, 0) is 10.0 Å². The highest BCUT2D eigenvalue weighted by Crippen LogP contribution is 2.31. The topological polar surface area (TPSA) is 80.5 Å². The van der Waals surface area contributed by atoms with Gasteiger partial charge < -0.3 is 4.90 Å². The summed E-state index contributed by atoms with van der Waals surface area (Å²) in [5.41, 5.74) is -0.270. The summed E-state index contributed by atoms with van der Waals surface area (Å²) in [6.07, 6.45) is 2.53. The van der Waals surface area contributed by atoms with Crippen molar-refractivity contribution < 1.29 is 17.6 Å². The van der Waals surface area contributed by atoms with Gasteiger partial charge in [-0.25, -0.2) is 17.9 Å². The summed E-state index contributed by atoms with van der Waals surface area (Å²) >= 11 is 3.09. The summed E-state index contributed by atoms with van der Waals surface area (Å²) in [5, 5.41) is 4.99. The molecular weight excluding hydrogens is 363 g/mol. The number of carbonyl (C=O) groups excluding carboxylic acids is 1. The molecule has 1 aromatic rings. The maximum atomic E-state index is 14.4. The molecule has 2 N–H and O–H groups in total. The lowest BCUT2D eigenvalue weighted by Gasteiger charge is -2.22. The quantitative estimate of drug-likeness (QED) is 0.852. The number of halogens is 2. The van der Waals surface area contributed by atoms with Gasteiger partial charge >= 0.3 is 0 Å². The van der Waals surface area contributed by atoms with Crippen LogP contribution in [0.15, 0.2) is 21.5 Å². The van der Waals surface area contributed by atoms with Crippen LogP contribution >= 0.6 is 15.9 Å². The molecule has 0 atom stereocenters. The standard InChI is InChI=1S/C13H16BrFN2O3S/c1-2-5-17(9-3-4-9)13(18)10-6-8(14)7-11(12(10)15)21(16,19)20/h6-7,9H,2-5H2,1H3,(H2,16,19,20). The predicted molar refractivity (Wildman–Crippen MR) is 79.8 cm³/mol. The Morgan fingerprint density at radius 3 is 2.57 bits per heavy atom. The lowest BCUT2D eigenvalue weighted by atomic mass is 10.1. The summed E-state index contributed by atoms with van der Waals surface area (Å²) < 4.78 is 37.5. The second-order valence-corrected chi connectivity index (χ2v) is 7.49. The zero-order valence-electron chi connectivity index (χ0n) is 11.5. The summed E-state index contributed by atoms with van der Waals surface area (Å²) in [6, 6.07) is 2.47. The van der Waals surface area contributed by atoms with Crippen LogP contribution in [0.4, 0.5) is 4.39 Å². The van der Waals surface area contributed by atoms with Crippen LogP contribution in [0.5, 0.6) is 0 Å². The summed E-state index contributed by atoms with van der Waals surface area (Å²) in [4.78, 5) is 13.4. The molecule has 1 fully saturated rings. The van der Waals surface area contributed by atoms with E-state index in [0.717, 1.165) is 25.3 Å². The molecule has 1 saturated carbocycles. The molecule has 8 heteroatoms. The average molecular weight is 379 g/mol. The monoisotopic (exact) mass is 378 g/mol. The first kappa shape index (κ1) is 16.4. The average Bonchev–Trinajstić information content (AvgIpc) is 3.20. The summed E-state index contributed by atoms with van der Waals surface area (Å²) in [6.45, 7) is 2.44. The SMILES string of the molecule is CCCN(C(=O)c1cc(Br)cc(S(N)(=O)=O)c1F)C1CC1. The molecule has 21 heavy (non-hydrogen) atoms. The molecular formula is C13H16BrFN2O3S. The van der Waals surface area contributed by atoms with Crippen molar-refractivity contribution >= 4 is 31.9 Å². The molecule has 0 spiro atoms. The van der Waals surface area contributed by atoms with Crippen molar-refractivity contribution in [2.45, 2.75) is 37.1 Å². The van der Waals surface area contributed by atoms with Crippen molar-refractivity contribution in [1.82, 2.24) is 4.90 Å². The Balaban J connectivity index is 2.48. The molecule has 0 radical (unpaired) electrons. The van der Waals surface area contributed by atoms with E-state index in [1.54, 1.807) is 4.90 Å². The molecule has 0 aliphatic heterocycles. The van der Waals surface area contributed by atoms with Crippen molar-refractivity contribution in [3.8, 4) is 0 Å². The van der Waals surface area contributed by atoms with E-state index in [4.69, 9.17) is 5.14 Å². The van der Waals surface area contributed by atoms with Crippen LogP contribution < -0.4 is 5.14 Å². The molecule has 5 nitrogen and oxygen atoms in total. The van der Waals surface area contributed by atoms with Crippen LogP contribution in [0.3, 0.4) is 0 Å². The van der Waals surface area contributed by atoms with E-state index in [0.29, 0.717) is 11.0 Å². The van der Waals surface area contributed by atoms with E-state index >= 15 is 0 Å². The predicted octanol–water partition coefficient (Wildman–Crippen LogP) is 2.25. The van der Waals surface area contributed by atoms with Gasteiger partial charge in [-0.15, -0.1) is 0 Å². The number of benzene rings is 1. The summed E-state index contributed by atoms with van der Waals surface area (Å²) in [5.74, 6) is -1.59. The van der Waals surface area contributed by atoms with Crippen molar-refractivity contribution in [2.75, 3.05) is 6.54 Å². The Morgan fingerprint density at radius 2 is 2.10 bits per heavy atom. The Hall–Kier alpha value is -0.990. The molecule has 0 heterocycles. The smallest absolute Gasteiger partial charge is 0.257 e. The third-order valence-corrected chi connectivity index (χ3v) is 4.62. The zero-order chi connectivity index (χ0) is 15.8. The highest BCUT2D eigenvalue weighted by molar-refractivity contribution is 9.10. The van der Waals surface area contributed by atoms with E-state index in [9.17, 15) is 17.6 Å². The first-order chi connectivity index (χ1) is 9.75. The minimum Gasteiger partial charge on any atom is -0.336 e. The highest BCUT2D eigenvalue weighted by atomic mass is 79.9. The molecule has 0 unspecified atom stereocenters. The van der Waals surface area contributed by atoms with Gasteiger partial charge in [-0.2, -0.15) is 0 Å². The fraction of sp³-hybridized carbons (Fsp3) is 0.462. The number of nitrogens with zero attached hydrogens (tertiary/aromatic N) is 1. The minimum absolute atomic E-state index is 0.119. The van der Waals surface area contributed by atoms with Gasteiger partial charge in [-0.05, 0) is 31.4 Å². The normalized spacial score (nSPS) is 15.0. The maximum absolute atomic E-state index is 14.4. The van der Waals surface area contributed by atoms with Gasteiger partial charge in [0, 0.05) is 17.1 Å². The van der Waals surface area contributed by atoms with Gasteiger partial charge in [0.2, 0.25) is 10.0 Å². The van der Waals surface area contributed by atoms with E-state index < -0.39 is 26.6 Å². The number of amides is 1. The van der Waals surface area contributed by atoms with Gasteiger partial charge in [0.1, 0.15) is 4.90 Å². The Labute approximate surface area is 131 Å². The molecule has 1 aliphatic rings. The number of carbonyl (C=O) groups is 1. The van der Waals surface area contributed by atoms with Crippen LogP contribution in [0, 0.1) is 5.82 Å². The van der Waals surface area contributed by atoms with Gasteiger partial charge in [-0.1, -0.05) is 22.9 Å². The van der Waals surface area contributed by atoms with Crippen LogP contribution in [-0.4, -0.2) is 31.8 Å². The van der Waals surface area contributed by atoms with Crippen molar-refractivity contribution in [2.24, 2.45) is 5.14 Å². The van der Waals surface area contributed by atoms with Gasteiger partial charge in [0.15, 0.2) is 5.82 Å². The van der Waals surface area contributed by atoms with Crippen molar-refractivity contribution in [3.63, 3.8) is 0 Å². The lowest BCUT2D eigenvalue weighted by Crippen LogP contribution is -2.34. The lowest BCUT2D eigenvalue weighted by molar-refractivity contribution is 0.0737. The third kappa shape index (κ3) is 3.61.